The molecule has 27 heavy (non-hydrogen) atoms. The van der Waals surface area contributed by atoms with E-state index in [1.807, 2.05) is 24.1 Å². The molecule has 2 amide bonds. The predicted octanol–water partition coefficient (Wildman–Crippen LogP) is 0.560. The van der Waals surface area contributed by atoms with Crippen LogP contribution < -0.4 is 5.32 Å². The van der Waals surface area contributed by atoms with Crippen molar-refractivity contribution in [3.05, 3.63) is 11.1 Å². The van der Waals surface area contributed by atoms with Crippen molar-refractivity contribution in [3.8, 4) is 0 Å². The zero-order valence-corrected chi connectivity index (χ0v) is 17.2. The van der Waals surface area contributed by atoms with Crippen LogP contribution in [0, 0.1) is 0 Å². The normalized spacial score (nSPS) is 26.5. The van der Waals surface area contributed by atoms with Gasteiger partial charge >= 0.3 is 0 Å². The van der Waals surface area contributed by atoms with Gasteiger partial charge in [0.2, 0.25) is 11.8 Å². The number of aromatic nitrogens is 2. The predicted molar refractivity (Wildman–Crippen MR) is 104 cm³/mol. The van der Waals surface area contributed by atoms with Gasteiger partial charge in [-0.15, -0.1) is 5.10 Å². The third-order valence-electron chi connectivity index (χ3n) is 5.93. The van der Waals surface area contributed by atoms with Crippen LogP contribution >= 0.6 is 11.5 Å². The van der Waals surface area contributed by atoms with Crippen molar-refractivity contribution >= 4 is 23.3 Å². The Morgan fingerprint density at radius 1 is 1.41 bits per heavy atom. The van der Waals surface area contributed by atoms with Gasteiger partial charge in [-0.1, -0.05) is 4.49 Å². The number of carbonyl (C=O) groups excluding carboxylic acids is 2. The van der Waals surface area contributed by atoms with E-state index < -0.39 is 0 Å². The van der Waals surface area contributed by atoms with Crippen molar-refractivity contribution in [3.63, 3.8) is 0 Å². The van der Waals surface area contributed by atoms with Crippen LogP contribution in [0.5, 0.6) is 0 Å². The minimum absolute atomic E-state index is 0.0881. The molecule has 2 saturated heterocycles. The minimum atomic E-state index is -0.166. The Labute approximate surface area is 165 Å². The number of hydrogen-bond donors (Lipinski definition) is 1. The molecular weight excluding hydrogens is 364 g/mol. The van der Waals surface area contributed by atoms with Crippen molar-refractivity contribution in [1.29, 1.82) is 0 Å². The first-order valence-corrected chi connectivity index (χ1v) is 10.7. The van der Waals surface area contributed by atoms with Gasteiger partial charge < -0.3 is 10.2 Å². The monoisotopic (exact) mass is 394 g/mol. The number of amides is 2. The molecule has 8 nitrogen and oxygen atoms in total. The minimum Gasteiger partial charge on any atom is -0.353 e. The van der Waals surface area contributed by atoms with Crippen LogP contribution in [0.3, 0.4) is 0 Å². The highest BCUT2D eigenvalue weighted by Crippen LogP contribution is 2.28. The molecule has 2 aliphatic heterocycles. The topological polar surface area (TPSA) is 81.7 Å². The average molecular weight is 395 g/mol. The van der Waals surface area contributed by atoms with Gasteiger partial charge in [0.15, 0.2) is 0 Å². The largest absolute Gasteiger partial charge is 0.353 e. The molecule has 0 bridgehead atoms. The molecule has 1 aromatic rings. The fourth-order valence-corrected chi connectivity index (χ4v) is 4.75. The molecule has 3 unspecified atom stereocenters. The quantitative estimate of drug-likeness (QED) is 0.728. The third kappa shape index (κ3) is 4.47. The van der Waals surface area contributed by atoms with Gasteiger partial charge in [0.05, 0.1) is 5.69 Å². The fraction of sp³-hybridized carbons (Fsp3) is 0.778. The Morgan fingerprint density at radius 2 is 2.19 bits per heavy atom. The molecule has 3 atom stereocenters. The van der Waals surface area contributed by atoms with Gasteiger partial charge in [0.25, 0.3) is 0 Å². The molecular formula is C18H30N6O2S. The molecule has 3 heterocycles. The third-order valence-corrected chi connectivity index (χ3v) is 6.48. The molecule has 150 valence electrons. The lowest BCUT2D eigenvalue weighted by atomic mass is 10.0. The second-order valence-corrected chi connectivity index (χ2v) is 7.95. The molecule has 0 spiro atoms. The summed E-state index contributed by atoms with van der Waals surface area (Å²) in [6, 6.07) is 0.192. The summed E-state index contributed by atoms with van der Waals surface area (Å²) in [5.41, 5.74) is 0.918. The molecule has 2 fully saturated rings. The molecule has 0 aromatic carbocycles. The number of fused-ring (bicyclic) bond motifs is 1. The summed E-state index contributed by atoms with van der Waals surface area (Å²) in [4.78, 5) is 31.5. The summed E-state index contributed by atoms with van der Waals surface area (Å²) in [7, 11) is 2.10. The average Bonchev–Trinajstić information content (AvgIpc) is 3.30. The molecule has 0 radical (unpaired) electrons. The van der Waals surface area contributed by atoms with E-state index >= 15 is 0 Å². The summed E-state index contributed by atoms with van der Waals surface area (Å²) < 4.78 is 3.92. The highest BCUT2D eigenvalue weighted by Gasteiger charge is 2.45. The Kier molecular flexibility index (Phi) is 6.78. The maximum atomic E-state index is 12.8. The summed E-state index contributed by atoms with van der Waals surface area (Å²) in [5.74, 6) is 0.287. The highest BCUT2D eigenvalue weighted by molar-refractivity contribution is 7.03. The van der Waals surface area contributed by atoms with Gasteiger partial charge in [-0.3, -0.25) is 19.4 Å². The molecule has 1 N–H and O–H groups in total. The van der Waals surface area contributed by atoms with Crippen LogP contribution in [-0.2, 0) is 16.1 Å². The lowest BCUT2D eigenvalue weighted by molar-refractivity contribution is -0.131. The van der Waals surface area contributed by atoms with E-state index in [2.05, 4.69) is 31.8 Å². The van der Waals surface area contributed by atoms with Crippen molar-refractivity contribution in [1.82, 2.24) is 29.6 Å². The standard InChI is InChI=1S/C18H30N6O2S/c1-4-23(5-2)16(25)7-6-14-10-19-18(26)17-15(22(14)3)8-9-24(17)11-13-12-27-21-20-13/h12,14-15,17H,4-11H2,1-3H3,(H,19,26). The van der Waals surface area contributed by atoms with Gasteiger partial charge in [-0.2, -0.15) is 0 Å². The number of hydrogen-bond acceptors (Lipinski definition) is 7. The molecule has 3 rings (SSSR count). The summed E-state index contributed by atoms with van der Waals surface area (Å²) >= 11 is 1.34. The smallest absolute Gasteiger partial charge is 0.239 e. The Morgan fingerprint density at radius 3 is 2.85 bits per heavy atom. The van der Waals surface area contributed by atoms with Gasteiger partial charge in [-0.05, 0) is 45.3 Å². The van der Waals surface area contributed by atoms with Crippen LogP contribution in [0.4, 0.5) is 0 Å². The zero-order chi connectivity index (χ0) is 19.4. The van der Waals surface area contributed by atoms with Crippen molar-refractivity contribution in [2.45, 2.75) is 57.8 Å². The molecule has 9 heteroatoms. The maximum absolute atomic E-state index is 12.8. The Hall–Kier alpha value is -1.58. The zero-order valence-electron chi connectivity index (χ0n) is 16.4. The number of carbonyl (C=O) groups is 2. The number of likely N-dealkylation sites (N-methyl/N-ethyl adjacent to an activating group) is 1. The van der Waals surface area contributed by atoms with E-state index in [1.54, 1.807) is 0 Å². The molecule has 1 aromatic heterocycles. The maximum Gasteiger partial charge on any atom is 0.239 e. The van der Waals surface area contributed by atoms with E-state index in [4.69, 9.17) is 0 Å². The summed E-state index contributed by atoms with van der Waals surface area (Å²) in [6.07, 6.45) is 2.25. The lowest BCUT2D eigenvalue weighted by Crippen LogP contribution is -2.49. The van der Waals surface area contributed by atoms with Crippen LogP contribution in [0.15, 0.2) is 5.38 Å². The van der Waals surface area contributed by atoms with Crippen molar-refractivity contribution in [2.24, 2.45) is 0 Å². The summed E-state index contributed by atoms with van der Waals surface area (Å²) in [6.45, 7) is 7.64. The van der Waals surface area contributed by atoms with Crippen LogP contribution in [-0.4, -0.2) is 87.5 Å². The second-order valence-electron chi connectivity index (χ2n) is 7.34. The molecule has 0 saturated carbocycles. The van der Waals surface area contributed by atoms with E-state index in [0.29, 0.717) is 19.5 Å². The van der Waals surface area contributed by atoms with Gasteiger partial charge in [-0.25, -0.2) is 0 Å². The first kappa shape index (κ1) is 20.2. The Balaban J connectivity index is 1.63. The van der Waals surface area contributed by atoms with Crippen molar-refractivity contribution in [2.75, 3.05) is 33.2 Å². The fourth-order valence-electron chi connectivity index (χ4n) is 4.31. The van der Waals surface area contributed by atoms with Crippen molar-refractivity contribution < 1.29 is 9.59 Å². The number of likely N-dealkylation sites (tertiary alicyclic amines) is 1. The highest BCUT2D eigenvalue weighted by atomic mass is 32.1. The number of nitrogens with one attached hydrogen (secondary N) is 1. The first-order valence-electron chi connectivity index (χ1n) is 9.82. The summed E-state index contributed by atoms with van der Waals surface area (Å²) in [5, 5.41) is 9.16. The van der Waals surface area contributed by atoms with E-state index in [1.165, 1.54) is 11.5 Å². The lowest BCUT2D eigenvalue weighted by Gasteiger charge is -2.33. The number of rotatable bonds is 7. The van der Waals surface area contributed by atoms with Crippen LogP contribution in [0.25, 0.3) is 0 Å². The van der Waals surface area contributed by atoms with Crippen LogP contribution in [0.2, 0.25) is 0 Å². The molecule has 0 aliphatic carbocycles. The van der Waals surface area contributed by atoms with Crippen LogP contribution in [0.1, 0.15) is 38.8 Å². The van der Waals surface area contributed by atoms with E-state index in [9.17, 15) is 9.59 Å². The van der Waals surface area contributed by atoms with Gasteiger partial charge in [0.1, 0.15) is 6.04 Å². The Bertz CT molecular complexity index is 636. The van der Waals surface area contributed by atoms with E-state index in [0.717, 1.165) is 38.2 Å². The van der Waals surface area contributed by atoms with Gasteiger partial charge in [0, 0.05) is 56.6 Å². The number of nitrogens with zero attached hydrogens (tertiary/aromatic N) is 5. The SMILES string of the molecule is CCN(CC)C(=O)CCC1CNC(=O)C2C(CCN2Cc2csnn2)N1C. The first-order chi connectivity index (χ1) is 13.0. The molecule has 2 aliphatic rings. The van der Waals surface area contributed by atoms with E-state index in [-0.39, 0.29) is 29.9 Å². The second kappa shape index (κ2) is 9.07.